The number of furan rings is 1. The van der Waals surface area contributed by atoms with Crippen molar-refractivity contribution in [1.82, 2.24) is 14.8 Å². The molecule has 0 bridgehead atoms. The Labute approximate surface area is 179 Å². The third-order valence-corrected chi connectivity index (χ3v) is 5.22. The van der Waals surface area contributed by atoms with Crippen LogP contribution in [-0.2, 0) is 17.5 Å². The lowest BCUT2D eigenvalue weighted by molar-refractivity contribution is -0.137. The molecule has 2 aromatic heterocycles. The monoisotopic (exact) mass is 456 g/mol. The number of nitrogens with one attached hydrogen (secondary N) is 1. The van der Waals surface area contributed by atoms with Crippen LogP contribution >= 0.6 is 23.4 Å². The van der Waals surface area contributed by atoms with Crippen molar-refractivity contribution in [1.29, 1.82) is 0 Å². The van der Waals surface area contributed by atoms with Gasteiger partial charge in [-0.15, -0.1) is 16.8 Å². The number of nitrogens with zero attached hydrogens (tertiary/aromatic N) is 3. The van der Waals surface area contributed by atoms with Crippen LogP contribution in [0, 0.1) is 6.92 Å². The normalized spacial score (nSPS) is 11.5. The van der Waals surface area contributed by atoms with Gasteiger partial charge in [0.15, 0.2) is 11.0 Å². The molecule has 11 heteroatoms. The second kappa shape index (κ2) is 8.97. The van der Waals surface area contributed by atoms with Crippen molar-refractivity contribution in [2.45, 2.75) is 24.8 Å². The van der Waals surface area contributed by atoms with Gasteiger partial charge in [-0.1, -0.05) is 29.4 Å². The highest BCUT2D eigenvalue weighted by atomic mass is 35.5. The molecule has 158 valence electrons. The molecule has 2 heterocycles. The Hall–Kier alpha value is -2.72. The van der Waals surface area contributed by atoms with Crippen molar-refractivity contribution < 1.29 is 22.4 Å². The summed E-state index contributed by atoms with van der Waals surface area (Å²) in [6.07, 6.45) is -1.47. The van der Waals surface area contributed by atoms with Crippen LogP contribution in [0.25, 0.3) is 11.4 Å². The molecule has 3 aromatic rings. The van der Waals surface area contributed by atoms with Crippen molar-refractivity contribution in [3.63, 3.8) is 0 Å². The molecule has 0 spiro atoms. The number of aryl methyl sites for hydroxylation is 1. The van der Waals surface area contributed by atoms with E-state index in [1.165, 1.54) is 12.3 Å². The zero-order chi connectivity index (χ0) is 21.9. The maximum Gasteiger partial charge on any atom is 0.418 e. The van der Waals surface area contributed by atoms with Crippen molar-refractivity contribution in [2.24, 2.45) is 0 Å². The molecule has 0 radical (unpaired) electrons. The van der Waals surface area contributed by atoms with E-state index in [9.17, 15) is 18.0 Å². The van der Waals surface area contributed by atoms with Gasteiger partial charge in [-0.05, 0) is 31.2 Å². The summed E-state index contributed by atoms with van der Waals surface area (Å²) in [5, 5.41) is 10.9. The molecular formula is C19H16ClF3N4O2S. The summed E-state index contributed by atoms with van der Waals surface area (Å²) >= 11 is 6.70. The van der Waals surface area contributed by atoms with Gasteiger partial charge >= 0.3 is 6.18 Å². The van der Waals surface area contributed by atoms with E-state index in [-0.39, 0.29) is 16.5 Å². The first-order chi connectivity index (χ1) is 14.2. The van der Waals surface area contributed by atoms with Gasteiger partial charge in [-0.2, -0.15) is 13.2 Å². The molecule has 3 rings (SSSR count). The number of thioether (sulfide) groups is 1. The molecule has 1 amide bonds. The number of allylic oxidation sites excluding steroid dienone is 1. The fraction of sp³-hybridized carbons (Fsp3) is 0.211. The van der Waals surface area contributed by atoms with E-state index in [4.69, 9.17) is 16.0 Å². The van der Waals surface area contributed by atoms with Crippen LogP contribution in [0.3, 0.4) is 0 Å². The Morgan fingerprint density at radius 3 is 2.77 bits per heavy atom. The Morgan fingerprint density at radius 1 is 1.37 bits per heavy atom. The van der Waals surface area contributed by atoms with Crippen LogP contribution in [0.2, 0.25) is 5.02 Å². The van der Waals surface area contributed by atoms with E-state index >= 15 is 0 Å². The topological polar surface area (TPSA) is 73.0 Å². The van der Waals surface area contributed by atoms with Gasteiger partial charge in [0.2, 0.25) is 5.91 Å². The molecule has 6 nitrogen and oxygen atoms in total. The highest BCUT2D eigenvalue weighted by molar-refractivity contribution is 7.99. The third kappa shape index (κ3) is 4.88. The molecule has 0 aliphatic heterocycles. The molecule has 0 unspecified atom stereocenters. The first-order valence-corrected chi connectivity index (χ1v) is 9.95. The molecule has 30 heavy (non-hydrogen) atoms. The SMILES string of the molecule is C=CCn1c(SCC(=O)Nc2ccc(Cl)cc2C(F)(F)F)nnc1-c1ccoc1C. The molecule has 0 saturated carbocycles. The van der Waals surface area contributed by atoms with Crippen molar-refractivity contribution in [2.75, 3.05) is 11.1 Å². The molecule has 0 aliphatic rings. The number of hydrogen-bond acceptors (Lipinski definition) is 5. The zero-order valence-corrected chi connectivity index (χ0v) is 17.2. The molecule has 0 aliphatic carbocycles. The molecule has 0 saturated heterocycles. The quantitative estimate of drug-likeness (QED) is 0.379. The van der Waals surface area contributed by atoms with Crippen LogP contribution in [0.4, 0.5) is 18.9 Å². The summed E-state index contributed by atoms with van der Waals surface area (Å²) in [6, 6.07) is 4.91. The number of carbonyl (C=O) groups is 1. The Morgan fingerprint density at radius 2 is 2.13 bits per heavy atom. The molecule has 0 atom stereocenters. The number of hydrogen-bond donors (Lipinski definition) is 1. The Bertz CT molecular complexity index is 1080. The van der Waals surface area contributed by atoms with E-state index in [1.807, 2.05) is 0 Å². The lowest BCUT2D eigenvalue weighted by atomic mass is 10.1. The summed E-state index contributed by atoms with van der Waals surface area (Å²) in [5.74, 6) is 0.409. The lowest BCUT2D eigenvalue weighted by Gasteiger charge is -2.14. The summed E-state index contributed by atoms with van der Waals surface area (Å²) in [6.45, 7) is 5.87. The number of benzene rings is 1. The standard InChI is InChI=1S/C19H16ClF3N4O2S/c1-3-7-27-17(13-6-8-29-11(13)2)25-26-18(27)30-10-16(28)24-15-5-4-12(20)9-14(15)19(21,22)23/h3-6,8-9H,1,7,10H2,2H3,(H,24,28). The minimum atomic E-state index is -4.65. The molecule has 0 fully saturated rings. The van der Waals surface area contributed by atoms with E-state index < -0.39 is 17.6 Å². The van der Waals surface area contributed by atoms with E-state index in [0.29, 0.717) is 23.3 Å². The van der Waals surface area contributed by atoms with Gasteiger partial charge in [0.1, 0.15) is 5.76 Å². The predicted octanol–water partition coefficient (Wildman–Crippen LogP) is 5.44. The van der Waals surface area contributed by atoms with Crippen LogP contribution < -0.4 is 5.32 Å². The third-order valence-electron chi connectivity index (χ3n) is 4.02. The minimum Gasteiger partial charge on any atom is -0.469 e. The van der Waals surface area contributed by atoms with Crippen LogP contribution in [0.5, 0.6) is 0 Å². The largest absolute Gasteiger partial charge is 0.469 e. The van der Waals surface area contributed by atoms with E-state index in [1.54, 1.807) is 23.6 Å². The van der Waals surface area contributed by atoms with Crippen molar-refractivity contribution in [3.05, 3.63) is 59.5 Å². The second-order valence-corrected chi connectivity index (χ2v) is 7.50. The smallest absolute Gasteiger partial charge is 0.418 e. The highest BCUT2D eigenvalue weighted by Gasteiger charge is 2.34. The number of aromatic nitrogens is 3. The van der Waals surface area contributed by atoms with Gasteiger partial charge < -0.3 is 9.73 Å². The summed E-state index contributed by atoms with van der Waals surface area (Å²) < 4.78 is 46.6. The molecular weight excluding hydrogens is 441 g/mol. The van der Waals surface area contributed by atoms with Crippen LogP contribution in [0.1, 0.15) is 11.3 Å². The number of amides is 1. The number of alkyl halides is 3. The highest BCUT2D eigenvalue weighted by Crippen LogP contribution is 2.36. The number of carbonyl (C=O) groups excluding carboxylic acids is 1. The zero-order valence-electron chi connectivity index (χ0n) is 15.7. The van der Waals surface area contributed by atoms with Crippen LogP contribution in [-0.4, -0.2) is 26.4 Å². The summed E-state index contributed by atoms with van der Waals surface area (Å²) in [7, 11) is 0. The summed E-state index contributed by atoms with van der Waals surface area (Å²) in [5.41, 5.74) is -0.628. The maximum atomic E-state index is 13.2. The van der Waals surface area contributed by atoms with Gasteiger partial charge in [-0.25, -0.2) is 0 Å². The molecule has 1 aromatic carbocycles. The fourth-order valence-electron chi connectivity index (χ4n) is 2.68. The van der Waals surface area contributed by atoms with Crippen molar-refractivity contribution in [3.8, 4) is 11.4 Å². The average molecular weight is 457 g/mol. The first-order valence-electron chi connectivity index (χ1n) is 8.58. The average Bonchev–Trinajstić information content (AvgIpc) is 3.27. The van der Waals surface area contributed by atoms with Crippen molar-refractivity contribution >= 4 is 35.0 Å². The minimum absolute atomic E-state index is 0.0747. The number of anilines is 1. The van der Waals surface area contributed by atoms with Gasteiger partial charge in [0, 0.05) is 11.6 Å². The fourth-order valence-corrected chi connectivity index (χ4v) is 3.60. The predicted molar refractivity (Wildman–Crippen MR) is 108 cm³/mol. The summed E-state index contributed by atoms with van der Waals surface area (Å²) in [4.78, 5) is 12.3. The van der Waals surface area contributed by atoms with Crippen LogP contribution in [0.15, 0.2) is 52.8 Å². The molecule has 1 N–H and O–H groups in total. The van der Waals surface area contributed by atoms with E-state index in [0.717, 1.165) is 29.5 Å². The Kier molecular flexibility index (Phi) is 6.57. The van der Waals surface area contributed by atoms with Gasteiger partial charge in [0.25, 0.3) is 0 Å². The number of rotatable bonds is 7. The number of halogens is 4. The second-order valence-electron chi connectivity index (χ2n) is 6.12. The first kappa shape index (κ1) is 22.0. The van der Waals surface area contributed by atoms with E-state index in [2.05, 4.69) is 22.1 Å². The lowest BCUT2D eigenvalue weighted by Crippen LogP contribution is -2.18. The maximum absolute atomic E-state index is 13.2. The van der Waals surface area contributed by atoms with Gasteiger partial charge in [-0.3, -0.25) is 9.36 Å². The van der Waals surface area contributed by atoms with Gasteiger partial charge in [0.05, 0.1) is 28.8 Å². The Balaban J connectivity index is 1.75.